The number of aliphatic hydroxyl groups excluding tert-OH is 7. The average Bonchev–Trinajstić information content (AvgIpc) is 3.07. The smallest absolute Gasteiger partial charge is 0.238 e. The molecule has 19 nitrogen and oxygen atoms in total. The number of phenolic OH excluding ortho intramolecular Hbond substituents is 3. The Kier molecular flexibility index (Phi) is 10.1. The molecular formula is C31H36O19. The molecule has 3 aliphatic heterocycles. The Bertz CT molecular complexity index is 1750. The van der Waals surface area contributed by atoms with Gasteiger partial charge in [0.25, 0.3) is 0 Å². The summed E-state index contributed by atoms with van der Waals surface area (Å²) in [4.78, 5) is 12.8. The molecule has 50 heavy (non-hydrogen) atoms. The molecule has 19 heteroatoms. The fourth-order valence-corrected chi connectivity index (χ4v) is 5.85. The molecule has 3 aromatic rings. The lowest BCUT2D eigenvalue weighted by atomic mass is 9.99. The molecule has 274 valence electrons. The Balaban J connectivity index is 1.15. The van der Waals surface area contributed by atoms with E-state index >= 15 is 0 Å². The normalized spacial score (nSPS) is 36.4. The molecule has 4 heterocycles. The topological polar surface area (TPSA) is 308 Å². The minimum atomic E-state index is -1.84. The molecule has 11 N–H and O–H groups in total. The minimum absolute atomic E-state index is 0.0222. The van der Waals surface area contributed by atoms with Gasteiger partial charge in [0.1, 0.15) is 77.4 Å². The molecule has 0 saturated carbocycles. The maximum Gasteiger partial charge on any atom is 0.238 e. The van der Waals surface area contributed by atoms with Gasteiger partial charge in [0.15, 0.2) is 29.8 Å². The number of aliphatic hydroxyl groups is 7. The average molecular weight is 713 g/mol. The summed E-state index contributed by atoms with van der Waals surface area (Å²) in [5.41, 5.74) is -1.30. The van der Waals surface area contributed by atoms with Crippen molar-refractivity contribution in [1.82, 2.24) is 0 Å². The molecule has 0 spiro atoms. The van der Waals surface area contributed by atoms with E-state index in [9.17, 15) is 61.0 Å². The van der Waals surface area contributed by atoms with Gasteiger partial charge in [-0.2, -0.15) is 0 Å². The summed E-state index contributed by atoms with van der Waals surface area (Å²) in [7, 11) is 0. The van der Waals surface area contributed by atoms with E-state index in [0.717, 1.165) is 24.3 Å². The number of benzene rings is 2. The third-order valence-corrected chi connectivity index (χ3v) is 8.67. The second-order valence-electron chi connectivity index (χ2n) is 12.1. The van der Waals surface area contributed by atoms with E-state index in [-0.39, 0.29) is 16.9 Å². The standard InChI is InChI=1S/C31H36O19/c1-9-19(36)22(39)25(42)31(46-9)49-17-8-45-29(24(41)20(17)37)50-28-14(35)7-44-30(26(28)43)48-15-4-10(2-3-12(15)33)27-23(40)21(38)18-13(34)5-11(32)6-16(18)47-27/h2-6,9,14,17,19-20,22,24-26,28-37,39-43H,7-8H2,1H3/t9-,14+,17-,19-,20-,22+,24+,25+,26+,28-,29-,30-,31-/m0/s1. The SMILES string of the molecule is C[C@@H]1O[C@@H](O[C@H]2CO[C@@H](O[C@@H]3[C@@H](O)[C@H](Oc4cc(-c5oc6cc(O)cc(O)c6c(=O)c5O)ccc4O)OC[C@H]3O)[C@H](O)[C@H]2O)[C@H](O)[C@H](O)[C@H]1O. The van der Waals surface area contributed by atoms with Crippen LogP contribution in [0.25, 0.3) is 22.3 Å². The maximum absolute atomic E-state index is 12.8. The summed E-state index contributed by atoms with van der Waals surface area (Å²) in [6, 6.07) is 5.42. The third-order valence-electron chi connectivity index (χ3n) is 8.67. The van der Waals surface area contributed by atoms with Crippen LogP contribution in [0.5, 0.6) is 28.7 Å². The summed E-state index contributed by atoms with van der Waals surface area (Å²) in [6.45, 7) is 0.493. The molecule has 0 radical (unpaired) electrons. The lowest BCUT2D eigenvalue weighted by Gasteiger charge is -2.44. The van der Waals surface area contributed by atoms with E-state index in [1.807, 2.05) is 0 Å². The summed E-state index contributed by atoms with van der Waals surface area (Å²) in [5, 5.41) is 114. The predicted octanol–water partition coefficient (Wildman–Crippen LogP) is -2.58. The molecule has 6 rings (SSSR count). The number of hydrogen-bond donors (Lipinski definition) is 11. The van der Waals surface area contributed by atoms with Crippen LogP contribution >= 0.6 is 0 Å². The van der Waals surface area contributed by atoms with E-state index in [1.54, 1.807) is 0 Å². The highest BCUT2D eigenvalue weighted by Gasteiger charge is 2.49. The van der Waals surface area contributed by atoms with Gasteiger partial charge in [-0.05, 0) is 25.1 Å². The van der Waals surface area contributed by atoms with Crippen molar-refractivity contribution in [2.45, 2.75) is 86.8 Å². The van der Waals surface area contributed by atoms with Gasteiger partial charge in [-0.3, -0.25) is 4.79 Å². The Hall–Kier alpha value is -3.83. The summed E-state index contributed by atoms with van der Waals surface area (Å²) < 4.78 is 38.7. The first-order valence-electron chi connectivity index (χ1n) is 15.3. The van der Waals surface area contributed by atoms with Crippen molar-refractivity contribution in [2.75, 3.05) is 13.2 Å². The number of ether oxygens (including phenoxy) is 6. The molecule has 0 aliphatic carbocycles. The predicted molar refractivity (Wildman–Crippen MR) is 161 cm³/mol. The van der Waals surface area contributed by atoms with Gasteiger partial charge in [0.2, 0.25) is 17.5 Å². The molecular weight excluding hydrogens is 676 g/mol. The number of hydrogen-bond acceptors (Lipinski definition) is 19. The van der Waals surface area contributed by atoms with Crippen LogP contribution in [-0.2, 0) is 23.7 Å². The van der Waals surface area contributed by atoms with Crippen LogP contribution in [0, 0.1) is 0 Å². The first-order chi connectivity index (χ1) is 23.7. The summed E-state index contributed by atoms with van der Waals surface area (Å²) in [6.07, 6.45) is -20.2. The van der Waals surface area contributed by atoms with E-state index in [2.05, 4.69) is 0 Å². The van der Waals surface area contributed by atoms with E-state index in [0.29, 0.717) is 0 Å². The highest BCUT2D eigenvalue weighted by molar-refractivity contribution is 5.88. The number of rotatable bonds is 7. The Morgan fingerprint density at radius 2 is 1.42 bits per heavy atom. The second-order valence-corrected chi connectivity index (χ2v) is 12.1. The van der Waals surface area contributed by atoms with Crippen molar-refractivity contribution in [3.05, 3.63) is 40.6 Å². The van der Waals surface area contributed by atoms with Crippen molar-refractivity contribution in [3.8, 4) is 40.1 Å². The lowest BCUT2D eigenvalue weighted by Crippen LogP contribution is -2.63. The van der Waals surface area contributed by atoms with Gasteiger partial charge in [-0.25, -0.2) is 0 Å². The van der Waals surface area contributed by atoms with Gasteiger partial charge in [-0.15, -0.1) is 0 Å². The zero-order valence-corrected chi connectivity index (χ0v) is 26.0. The Labute approximate surface area is 280 Å². The Morgan fingerprint density at radius 3 is 2.16 bits per heavy atom. The van der Waals surface area contributed by atoms with Crippen molar-refractivity contribution in [2.24, 2.45) is 0 Å². The highest BCUT2D eigenvalue weighted by Crippen LogP contribution is 2.39. The fourth-order valence-electron chi connectivity index (χ4n) is 5.85. The van der Waals surface area contributed by atoms with Crippen LogP contribution in [0.15, 0.2) is 39.5 Å². The molecule has 0 amide bonds. The van der Waals surface area contributed by atoms with Gasteiger partial charge in [0, 0.05) is 17.7 Å². The third kappa shape index (κ3) is 6.66. The number of fused-ring (bicyclic) bond motifs is 1. The molecule has 2 aromatic carbocycles. The van der Waals surface area contributed by atoms with Crippen molar-refractivity contribution < 1.29 is 89.0 Å². The van der Waals surface area contributed by atoms with Crippen molar-refractivity contribution in [3.63, 3.8) is 0 Å². The van der Waals surface area contributed by atoms with Crippen molar-refractivity contribution >= 4 is 11.0 Å². The highest BCUT2D eigenvalue weighted by atomic mass is 16.7. The van der Waals surface area contributed by atoms with Crippen LogP contribution in [0.2, 0.25) is 0 Å². The fraction of sp³-hybridized carbons (Fsp3) is 0.516. The molecule has 0 unspecified atom stereocenters. The molecule has 0 bridgehead atoms. The van der Waals surface area contributed by atoms with E-state index in [1.165, 1.54) is 13.0 Å². The zero-order chi connectivity index (χ0) is 36.2. The Morgan fingerprint density at radius 1 is 0.720 bits per heavy atom. The summed E-state index contributed by atoms with van der Waals surface area (Å²) in [5.74, 6) is -3.23. The van der Waals surface area contributed by atoms with E-state index in [4.69, 9.17) is 32.8 Å². The van der Waals surface area contributed by atoms with Crippen LogP contribution in [0.3, 0.4) is 0 Å². The van der Waals surface area contributed by atoms with Crippen molar-refractivity contribution in [1.29, 1.82) is 0 Å². The van der Waals surface area contributed by atoms with Gasteiger partial charge < -0.3 is 89.0 Å². The monoisotopic (exact) mass is 712 g/mol. The minimum Gasteiger partial charge on any atom is -0.508 e. The molecule has 1 aromatic heterocycles. The largest absolute Gasteiger partial charge is 0.508 e. The summed E-state index contributed by atoms with van der Waals surface area (Å²) >= 11 is 0. The van der Waals surface area contributed by atoms with E-state index < -0.39 is 133 Å². The second kappa shape index (κ2) is 14.1. The first-order valence-corrected chi connectivity index (χ1v) is 15.3. The van der Waals surface area contributed by atoms with Crippen LogP contribution in [0.4, 0.5) is 0 Å². The molecule has 3 aliphatic rings. The lowest BCUT2D eigenvalue weighted by molar-refractivity contribution is -0.354. The molecule has 13 atom stereocenters. The molecule has 3 fully saturated rings. The maximum atomic E-state index is 12.8. The van der Waals surface area contributed by atoms with Crippen LogP contribution < -0.4 is 10.2 Å². The quantitative estimate of drug-likeness (QED) is 0.120. The molecule has 3 saturated heterocycles. The van der Waals surface area contributed by atoms with Gasteiger partial charge >= 0.3 is 0 Å². The van der Waals surface area contributed by atoms with Gasteiger partial charge in [-0.1, -0.05) is 0 Å². The number of phenols is 3. The number of aromatic hydroxyl groups is 4. The van der Waals surface area contributed by atoms with Crippen LogP contribution in [0.1, 0.15) is 6.92 Å². The first kappa shape index (κ1) is 36.0. The zero-order valence-electron chi connectivity index (χ0n) is 26.0. The van der Waals surface area contributed by atoms with Crippen LogP contribution in [-0.4, -0.2) is 149 Å². The van der Waals surface area contributed by atoms with Gasteiger partial charge in [0.05, 0.1) is 19.3 Å².